The van der Waals surface area contributed by atoms with Crippen molar-refractivity contribution in [2.45, 2.75) is 19.4 Å². The number of aromatic carboxylic acids is 1. The maximum Gasteiger partial charge on any atom is 0.339 e. The van der Waals surface area contributed by atoms with Gasteiger partial charge in [-0.05, 0) is 43.2 Å². The molecule has 0 fully saturated rings. The van der Waals surface area contributed by atoms with Crippen LogP contribution in [0.2, 0.25) is 5.15 Å². The highest BCUT2D eigenvalue weighted by atomic mass is 35.5. The van der Waals surface area contributed by atoms with Crippen LogP contribution < -0.4 is 5.32 Å². The van der Waals surface area contributed by atoms with E-state index in [0.29, 0.717) is 6.42 Å². The molecule has 1 aromatic heterocycles. The molecule has 0 aliphatic heterocycles. The van der Waals surface area contributed by atoms with E-state index in [-0.39, 0.29) is 28.4 Å². The second-order valence-corrected chi connectivity index (χ2v) is 5.10. The predicted molar refractivity (Wildman–Crippen MR) is 79.4 cm³/mol. The molecule has 0 aliphatic carbocycles. The van der Waals surface area contributed by atoms with Gasteiger partial charge in [0.05, 0.1) is 0 Å². The Morgan fingerprint density at radius 3 is 2.62 bits per heavy atom. The Morgan fingerprint density at radius 1 is 1.33 bits per heavy atom. The third kappa shape index (κ3) is 4.16. The highest BCUT2D eigenvalue weighted by molar-refractivity contribution is 6.29. The molecular weight excluding hydrogens is 295 g/mol. The van der Waals surface area contributed by atoms with Crippen LogP contribution in [-0.4, -0.2) is 22.1 Å². The van der Waals surface area contributed by atoms with Crippen molar-refractivity contribution in [3.05, 3.63) is 58.5 Å². The van der Waals surface area contributed by atoms with Gasteiger partial charge in [0.2, 0.25) is 0 Å². The van der Waals surface area contributed by atoms with E-state index in [1.54, 1.807) is 12.1 Å². The fourth-order valence-electron chi connectivity index (χ4n) is 1.98. The first kappa shape index (κ1) is 15.3. The van der Waals surface area contributed by atoms with Gasteiger partial charge in [0.25, 0.3) is 0 Å². The summed E-state index contributed by atoms with van der Waals surface area (Å²) in [5.74, 6) is -1.13. The maximum atomic E-state index is 12.9. The molecule has 0 radical (unpaired) electrons. The minimum atomic E-state index is -1.07. The van der Waals surface area contributed by atoms with E-state index in [1.807, 2.05) is 6.92 Å². The molecule has 0 bridgehead atoms. The zero-order chi connectivity index (χ0) is 15.4. The van der Waals surface area contributed by atoms with Crippen LogP contribution >= 0.6 is 11.6 Å². The molecule has 0 saturated heterocycles. The second-order valence-electron chi connectivity index (χ2n) is 4.71. The van der Waals surface area contributed by atoms with Crippen molar-refractivity contribution in [3.63, 3.8) is 0 Å². The van der Waals surface area contributed by atoms with Gasteiger partial charge < -0.3 is 10.4 Å². The topological polar surface area (TPSA) is 62.2 Å². The predicted octanol–water partition coefficient (Wildman–Crippen LogP) is 3.62. The summed E-state index contributed by atoms with van der Waals surface area (Å²) in [7, 11) is 0. The van der Waals surface area contributed by atoms with Crippen LogP contribution in [0.3, 0.4) is 0 Å². The molecule has 0 spiro atoms. The second kappa shape index (κ2) is 6.54. The first-order valence-corrected chi connectivity index (χ1v) is 6.74. The zero-order valence-corrected chi connectivity index (χ0v) is 12.1. The Morgan fingerprint density at radius 2 is 2.00 bits per heavy atom. The summed E-state index contributed by atoms with van der Waals surface area (Å²) < 4.78 is 12.9. The summed E-state index contributed by atoms with van der Waals surface area (Å²) in [5.41, 5.74) is 1.00. The minimum Gasteiger partial charge on any atom is -0.478 e. The first-order chi connectivity index (χ1) is 9.95. The van der Waals surface area contributed by atoms with Crippen LogP contribution in [0.4, 0.5) is 10.2 Å². The Labute approximate surface area is 126 Å². The van der Waals surface area contributed by atoms with E-state index in [9.17, 15) is 9.18 Å². The largest absolute Gasteiger partial charge is 0.478 e. The fraction of sp³-hybridized carbons (Fsp3) is 0.200. The molecule has 2 aromatic rings. The van der Waals surface area contributed by atoms with Crippen molar-refractivity contribution in [1.82, 2.24) is 4.98 Å². The molecule has 0 saturated carbocycles. The van der Waals surface area contributed by atoms with Crippen LogP contribution in [0.15, 0.2) is 36.4 Å². The van der Waals surface area contributed by atoms with E-state index in [2.05, 4.69) is 10.3 Å². The summed E-state index contributed by atoms with van der Waals surface area (Å²) in [4.78, 5) is 15.1. The van der Waals surface area contributed by atoms with Crippen LogP contribution in [0.1, 0.15) is 22.8 Å². The molecule has 2 N–H and O–H groups in total. The Balaban J connectivity index is 2.12. The smallest absolute Gasteiger partial charge is 0.339 e. The Bertz CT molecular complexity index is 647. The third-order valence-electron chi connectivity index (χ3n) is 2.93. The van der Waals surface area contributed by atoms with E-state index in [1.165, 1.54) is 24.3 Å². The molecule has 1 aromatic carbocycles. The molecule has 0 aliphatic rings. The molecule has 1 heterocycles. The van der Waals surface area contributed by atoms with Gasteiger partial charge in [-0.3, -0.25) is 0 Å². The first-order valence-electron chi connectivity index (χ1n) is 6.36. The summed E-state index contributed by atoms with van der Waals surface area (Å²) in [6, 6.07) is 8.92. The van der Waals surface area contributed by atoms with E-state index in [4.69, 9.17) is 16.7 Å². The van der Waals surface area contributed by atoms with Gasteiger partial charge in [-0.2, -0.15) is 0 Å². The van der Waals surface area contributed by atoms with Gasteiger partial charge in [0.15, 0.2) is 0 Å². The van der Waals surface area contributed by atoms with Crippen LogP contribution in [-0.2, 0) is 6.42 Å². The lowest BCUT2D eigenvalue weighted by atomic mass is 10.1. The van der Waals surface area contributed by atoms with E-state index < -0.39 is 5.97 Å². The molecule has 1 atom stereocenters. The van der Waals surface area contributed by atoms with E-state index >= 15 is 0 Å². The summed E-state index contributed by atoms with van der Waals surface area (Å²) in [6.45, 7) is 1.89. The van der Waals surface area contributed by atoms with Crippen molar-refractivity contribution in [1.29, 1.82) is 0 Å². The molecular formula is C15H14ClFN2O2. The molecule has 2 rings (SSSR count). The van der Waals surface area contributed by atoms with Gasteiger partial charge in [0.1, 0.15) is 22.4 Å². The summed E-state index contributed by atoms with van der Waals surface area (Å²) >= 11 is 5.80. The molecule has 21 heavy (non-hydrogen) atoms. The third-order valence-corrected chi connectivity index (χ3v) is 3.14. The lowest BCUT2D eigenvalue weighted by Gasteiger charge is -2.16. The number of nitrogens with one attached hydrogen (secondary N) is 1. The number of carboxylic acids is 1. The minimum absolute atomic E-state index is 0.0605. The average molecular weight is 309 g/mol. The van der Waals surface area contributed by atoms with Gasteiger partial charge >= 0.3 is 5.97 Å². The molecule has 110 valence electrons. The maximum absolute atomic E-state index is 12.9. The van der Waals surface area contributed by atoms with Crippen LogP contribution in [0, 0.1) is 5.82 Å². The van der Waals surface area contributed by atoms with Gasteiger partial charge in [-0.15, -0.1) is 0 Å². The van der Waals surface area contributed by atoms with Gasteiger partial charge in [0, 0.05) is 6.04 Å². The SMILES string of the molecule is CC(Cc1ccc(F)cc1)Nc1nc(Cl)ccc1C(=O)O. The Kier molecular flexibility index (Phi) is 4.75. The quantitative estimate of drug-likeness (QED) is 0.828. The monoisotopic (exact) mass is 308 g/mol. The normalized spacial score (nSPS) is 12.0. The number of hydrogen-bond donors (Lipinski definition) is 2. The van der Waals surface area contributed by atoms with Crippen LogP contribution in [0.25, 0.3) is 0 Å². The van der Waals surface area contributed by atoms with Crippen molar-refractivity contribution in [2.24, 2.45) is 0 Å². The number of rotatable bonds is 5. The van der Waals surface area contributed by atoms with Crippen molar-refractivity contribution in [2.75, 3.05) is 5.32 Å². The lowest BCUT2D eigenvalue weighted by molar-refractivity contribution is 0.0697. The van der Waals surface area contributed by atoms with Crippen molar-refractivity contribution < 1.29 is 14.3 Å². The average Bonchev–Trinajstić information content (AvgIpc) is 2.41. The van der Waals surface area contributed by atoms with Gasteiger partial charge in [-0.1, -0.05) is 23.7 Å². The fourth-order valence-corrected chi connectivity index (χ4v) is 2.12. The molecule has 4 nitrogen and oxygen atoms in total. The zero-order valence-electron chi connectivity index (χ0n) is 11.3. The number of anilines is 1. The highest BCUT2D eigenvalue weighted by Gasteiger charge is 2.14. The van der Waals surface area contributed by atoms with Crippen molar-refractivity contribution >= 4 is 23.4 Å². The number of carboxylic acid groups (broad SMARTS) is 1. The number of halogens is 2. The molecule has 0 amide bonds. The number of nitrogens with zero attached hydrogens (tertiary/aromatic N) is 1. The molecule has 6 heteroatoms. The summed E-state index contributed by atoms with van der Waals surface area (Å²) in [5, 5.41) is 12.4. The van der Waals surface area contributed by atoms with E-state index in [0.717, 1.165) is 5.56 Å². The Hall–Kier alpha value is -2.14. The summed E-state index contributed by atoms with van der Waals surface area (Å²) in [6.07, 6.45) is 0.605. The van der Waals surface area contributed by atoms with Crippen molar-refractivity contribution in [3.8, 4) is 0 Å². The number of benzene rings is 1. The highest BCUT2D eigenvalue weighted by Crippen LogP contribution is 2.18. The lowest BCUT2D eigenvalue weighted by Crippen LogP contribution is -2.21. The standard InChI is InChI=1S/C15H14ClFN2O2/c1-9(8-10-2-4-11(17)5-3-10)18-14-12(15(20)21)6-7-13(16)19-14/h2-7,9H,8H2,1H3,(H,18,19)(H,20,21). The number of pyridine rings is 1. The van der Waals surface area contributed by atoms with Gasteiger partial charge in [-0.25, -0.2) is 14.2 Å². The molecule has 1 unspecified atom stereocenters. The number of aromatic nitrogens is 1. The van der Waals surface area contributed by atoms with Crippen LogP contribution in [0.5, 0.6) is 0 Å². The number of hydrogen-bond acceptors (Lipinski definition) is 3. The number of carbonyl (C=O) groups is 1.